The predicted molar refractivity (Wildman–Crippen MR) is 61.9 cm³/mol. The molecule has 0 unspecified atom stereocenters. The lowest BCUT2D eigenvalue weighted by atomic mass is 9.81. The van der Waals surface area contributed by atoms with Crippen molar-refractivity contribution in [1.29, 1.82) is 0 Å². The molecule has 4 heteroatoms. The maximum Gasteiger partial charge on any atom is 0.129 e. The highest BCUT2D eigenvalue weighted by atomic mass is 79.9. The minimum Gasteiger partial charge on any atom is -0.396 e. The van der Waals surface area contributed by atoms with Crippen LogP contribution in [0.15, 0.2) is 22.7 Å². The Morgan fingerprint density at radius 1 is 1.53 bits per heavy atom. The van der Waals surface area contributed by atoms with Crippen molar-refractivity contribution in [3.05, 3.63) is 34.1 Å². The first-order chi connectivity index (χ1) is 6.90. The predicted octanol–water partition coefficient (Wildman–Crippen LogP) is 2.61. The van der Waals surface area contributed by atoms with Crippen LogP contribution >= 0.6 is 15.9 Å². The van der Waals surface area contributed by atoms with Crippen molar-refractivity contribution < 1.29 is 9.50 Å². The minimum absolute atomic E-state index is 0.0884. The molecule has 1 atom stereocenters. The van der Waals surface area contributed by atoms with Gasteiger partial charge in [0.2, 0.25) is 0 Å². The second-order valence-electron chi connectivity index (χ2n) is 4.26. The lowest BCUT2D eigenvalue weighted by molar-refractivity contribution is 0.130. The molecule has 0 aliphatic heterocycles. The fourth-order valence-corrected chi connectivity index (χ4v) is 1.89. The second kappa shape index (κ2) is 4.60. The van der Waals surface area contributed by atoms with Gasteiger partial charge in [0.1, 0.15) is 5.82 Å². The van der Waals surface area contributed by atoms with E-state index in [1.807, 2.05) is 0 Å². The Hall–Kier alpha value is -0.450. The molecule has 0 spiro atoms. The van der Waals surface area contributed by atoms with Gasteiger partial charge in [0.05, 0.1) is 0 Å². The molecular weight excluding hydrogens is 261 g/mol. The van der Waals surface area contributed by atoms with Crippen LogP contribution in [0.25, 0.3) is 0 Å². The van der Waals surface area contributed by atoms with Crippen LogP contribution in [0.3, 0.4) is 0 Å². The summed E-state index contributed by atoms with van der Waals surface area (Å²) < 4.78 is 14.2. The summed E-state index contributed by atoms with van der Waals surface area (Å²) in [6.45, 7) is 3.52. The topological polar surface area (TPSA) is 46.2 Å². The van der Waals surface area contributed by atoms with Gasteiger partial charge >= 0.3 is 0 Å². The molecule has 0 aromatic heterocycles. The summed E-state index contributed by atoms with van der Waals surface area (Å²) in [7, 11) is 0. The van der Waals surface area contributed by atoms with Crippen LogP contribution < -0.4 is 5.73 Å². The van der Waals surface area contributed by atoms with E-state index >= 15 is 0 Å². The average Bonchev–Trinajstić information content (AvgIpc) is 2.17. The smallest absolute Gasteiger partial charge is 0.129 e. The highest BCUT2D eigenvalue weighted by Gasteiger charge is 2.30. The van der Waals surface area contributed by atoms with Gasteiger partial charge in [0.15, 0.2) is 0 Å². The molecule has 0 heterocycles. The number of rotatable bonds is 3. The van der Waals surface area contributed by atoms with Crippen molar-refractivity contribution in [1.82, 2.24) is 0 Å². The number of aliphatic hydroxyl groups is 1. The highest BCUT2D eigenvalue weighted by Crippen LogP contribution is 2.35. The van der Waals surface area contributed by atoms with Crippen molar-refractivity contribution in [2.75, 3.05) is 6.61 Å². The van der Waals surface area contributed by atoms with Crippen LogP contribution in [0.4, 0.5) is 4.39 Å². The Labute approximate surface area is 97.4 Å². The van der Waals surface area contributed by atoms with Gasteiger partial charge in [0.25, 0.3) is 0 Å². The third-order valence-electron chi connectivity index (χ3n) is 2.56. The van der Waals surface area contributed by atoms with Gasteiger partial charge < -0.3 is 10.8 Å². The SMILES string of the molecule is CC(C)(CO)[C@H](N)c1c(F)cccc1Br. The van der Waals surface area contributed by atoms with Gasteiger partial charge in [0, 0.05) is 28.1 Å². The zero-order chi connectivity index (χ0) is 11.6. The van der Waals surface area contributed by atoms with E-state index in [2.05, 4.69) is 15.9 Å². The number of halogens is 2. The summed E-state index contributed by atoms with van der Waals surface area (Å²) in [5, 5.41) is 9.19. The fourth-order valence-electron chi connectivity index (χ4n) is 1.30. The normalized spacial score (nSPS) is 14.0. The Morgan fingerprint density at radius 3 is 2.60 bits per heavy atom. The molecule has 1 rings (SSSR count). The summed E-state index contributed by atoms with van der Waals surface area (Å²) >= 11 is 3.27. The third kappa shape index (κ3) is 2.56. The standard InChI is InChI=1S/C11H15BrFNO/c1-11(2,6-15)10(14)9-7(12)4-3-5-8(9)13/h3-5,10,15H,6,14H2,1-2H3/t10-/m1/s1. The fraction of sp³-hybridized carbons (Fsp3) is 0.455. The molecule has 0 radical (unpaired) electrons. The zero-order valence-corrected chi connectivity index (χ0v) is 10.4. The first kappa shape index (κ1) is 12.6. The van der Waals surface area contributed by atoms with E-state index in [0.717, 1.165) is 0 Å². The van der Waals surface area contributed by atoms with Gasteiger partial charge in [-0.05, 0) is 12.1 Å². The van der Waals surface area contributed by atoms with Gasteiger partial charge in [-0.2, -0.15) is 0 Å². The van der Waals surface area contributed by atoms with E-state index < -0.39 is 11.5 Å². The first-order valence-electron chi connectivity index (χ1n) is 4.70. The van der Waals surface area contributed by atoms with Crippen LogP contribution in [0.2, 0.25) is 0 Å². The van der Waals surface area contributed by atoms with Crippen LogP contribution in [0.5, 0.6) is 0 Å². The van der Waals surface area contributed by atoms with Gasteiger partial charge in [-0.15, -0.1) is 0 Å². The van der Waals surface area contributed by atoms with Gasteiger partial charge in [-0.1, -0.05) is 35.8 Å². The van der Waals surface area contributed by atoms with Gasteiger partial charge in [-0.25, -0.2) is 4.39 Å². The number of nitrogens with two attached hydrogens (primary N) is 1. The van der Waals surface area contributed by atoms with Crippen molar-refractivity contribution in [2.45, 2.75) is 19.9 Å². The Balaban J connectivity index is 3.16. The molecule has 0 aliphatic rings. The third-order valence-corrected chi connectivity index (χ3v) is 3.25. The van der Waals surface area contributed by atoms with Crippen LogP contribution in [-0.2, 0) is 0 Å². The molecule has 2 nitrogen and oxygen atoms in total. The van der Waals surface area contributed by atoms with E-state index in [1.54, 1.807) is 26.0 Å². The maximum absolute atomic E-state index is 13.6. The molecular formula is C11H15BrFNO. The Bertz CT molecular complexity index is 334. The molecule has 0 saturated heterocycles. The molecule has 15 heavy (non-hydrogen) atoms. The molecule has 84 valence electrons. The summed E-state index contributed by atoms with van der Waals surface area (Å²) in [5.41, 5.74) is 5.82. The maximum atomic E-state index is 13.6. The largest absolute Gasteiger partial charge is 0.396 e. The van der Waals surface area contributed by atoms with Crippen molar-refractivity contribution >= 4 is 15.9 Å². The van der Waals surface area contributed by atoms with Gasteiger partial charge in [-0.3, -0.25) is 0 Å². The van der Waals surface area contributed by atoms with Crippen LogP contribution in [0.1, 0.15) is 25.5 Å². The second-order valence-corrected chi connectivity index (χ2v) is 5.11. The average molecular weight is 276 g/mol. The van der Waals surface area contributed by atoms with Crippen molar-refractivity contribution in [3.63, 3.8) is 0 Å². The summed E-state index contributed by atoms with van der Waals surface area (Å²) in [6.07, 6.45) is 0. The van der Waals surface area contributed by atoms with Crippen molar-refractivity contribution in [3.8, 4) is 0 Å². The molecule has 0 saturated carbocycles. The monoisotopic (exact) mass is 275 g/mol. The quantitative estimate of drug-likeness (QED) is 0.891. The van der Waals surface area contributed by atoms with E-state index in [4.69, 9.17) is 5.73 Å². The molecule has 0 fully saturated rings. The molecule has 0 aliphatic carbocycles. The van der Waals surface area contributed by atoms with E-state index in [9.17, 15) is 9.50 Å². The molecule has 1 aromatic carbocycles. The molecule has 1 aromatic rings. The van der Waals surface area contributed by atoms with Crippen LogP contribution in [-0.4, -0.2) is 11.7 Å². The molecule has 3 N–H and O–H groups in total. The summed E-state index contributed by atoms with van der Waals surface area (Å²) in [4.78, 5) is 0. The van der Waals surface area contributed by atoms with E-state index in [-0.39, 0.29) is 12.4 Å². The number of hydrogen-bond donors (Lipinski definition) is 2. The lowest BCUT2D eigenvalue weighted by Gasteiger charge is -2.30. The number of hydrogen-bond acceptors (Lipinski definition) is 2. The van der Waals surface area contributed by atoms with E-state index in [1.165, 1.54) is 6.07 Å². The minimum atomic E-state index is -0.551. The summed E-state index contributed by atoms with van der Waals surface area (Å²) in [6, 6.07) is 4.18. The highest BCUT2D eigenvalue weighted by molar-refractivity contribution is 9.10. The Morgan fingerprint density at radius 2 is 2.13 bits per heavy atom. The Kier molecular flexibility index (Phi) is 3.87. The first-order valence-corrected chi connectivity index (χ1v) is 5.50. The summed E-state index contributed by atoms with van der Waals surface area (Å²) in [5.74, 6) is -0.349. The number of aliphatic hydroxyl groups excluding tert-OH is 1. The van der Waals surface area contributed by atoms with Crippen molar-refractivity contribution in [2.24, 2.45) is 11.1 Å². The zero-order valence-electron chi connectivity index (χ0n) is 8.80. The lowest BCUT2D eigenvalue weighted by Crippen LogP contribution is -2.33. The van der Waals surface area contributed by atoms with E-state index in [0.29, 0.717) is 10.0 Å². The molecule has 0 amide bonds. The number of benzene rings is 1. The van der Waals surface area contributed by atoms with Crippen LogP contribution in [0, 0.1) is 11.2 Å². The molecule has 0 bridgehead atoms.